The van der Waals surface area contributed by atoms with Crippen LogP contribution >= 0.6 is 11.3 Å². The van der Waals surface area contributed by atoms with Crippen LogP contribution in [0.3, 0.4) is 0 Å². The minimum Gasteiger partial charge on any atom is -0.343 e. The minimum absolute atomic E-state index is 0.0146. The number of thiophene rings is 1. The predicted molar refractivity (Wildman–Crippen MR) is 76.0 cm³/mol. The molecule has 1 aliphatic rings. The molecule has 2 rings (SSSR count). The highest BCUT2D eigenvalue weighted by Gasteiger charge is 2.37. The van der Waals surface area contributed by atoms with Gasteiger partial charge in [-0.05, 0) is 42.2 Å². The molecule has 2 unspecified atom stereocenters. The normalized spacial score (nSPS) is 23.6. The molecule has 2 atom stereocenters. The standard InChI is InChI=1S/C14H20N2O2S/c1-3-4-12-13(17)15-10(2)14(18)16(12)7-5-11-6-8-19-9-11/h6,8-10,12H,3-5,7H2,1-2H3,(H,15,17). The number of piperazine rings is 1. The quantitative estimate of drug-likeness (QED) is 0.894. The number of rotatable bonds is 5. The summed E-state index contributed by atoms with van der Waals surface area (Å²) in [4.78, 5) is 26.0. The Morgan fingerprint density at radius 3 is 2.84 bits per heavy atom. The third-order valence-corrected chi connectivity index (χ3v) is 4.21. The molecule has 0 aromatic carbocycles. The van der Waals surface area contributed by atoms with Crippen molar-refractivity contribution in [1.82, 2.24) is 10.2 Å². The van der Waals surface area contributed by atoms with E-state index in [9.17, 15) is 9.59 Å². The molecule has 1 fully saturated rings. The Hall–Kier alpha value is -1.36. The molecular weight excluding hydrogens is 260 g/mol. The Morgan fingerprint density at radius 2 is 2.21 bits per heavy atom. The number of carbonyl (C=O) groups is 2. The summed E-state index contributed by atoms with van der Waals surface area (Å²) in [6.07, 6.45) is 2.44. The van der Waals surface area contributed by atoms with Crippen molar-refractivity contribution in [1.29, 1.82) is 0 Å². The van der Waals surface area contributed by atoms with E-state index in [-0.39, 0.29) is 17.9 Å². The molecule has 19 heavy (non-hydrogen) atoms. The first kappa shape index (κ1) is 14.1. The van der Waals surface area contributed by atoms with Crippen LogP contribution in [0.25, 0.3) is 0 Å². The molecule has 0 aliphatic carbocycles. The topological polar surface area (TPSA) is 49.4 Å². The number of carbonyl (C=O) groups excluding carboxylic acids is 2. The molecule has 0 spiro atoms. The first-order valence-electron chi connectivity index (χ1n) is 6.75. The second kappa shape index (κ2) is 6.19. The van der Waals surface area contributed by atoms with Gasteiger partial charge in [-0.2, -0.15) is 11.3 Å². The van der Waals surface area contributed by atoms with Crippen molar-refractivity contribution in [2.75, 3.05) is 6.54 Å². The molecule has 1 aromatic heterocycles. The maximum absolute atomic E-state index is 12.2. The highest BCUT2D eigenvalue weighted by Crippen LogP contribution is 2.16. The molecule has 2 heterocycles. The van der Waals surface area contributed by atoms with Crippen LogP contribution in [0.2, 0.25) is 0 Å². The van der Waals surface area contributed by atoms with Gasteiger partial charge in [0.05, 0.1) is 0 Å². The van der Waals surface area contributed by atoms with E-state index >= 15 is 0 Å². The Kier molecular flexibility index (Phi) is 4.58. The highest BCUT2D eigenvalue weighted by molar-refractivity contribution is 7.07. The van der Waals surface area contributed by atoms with Gasteiger partial charge in [0.25, 0.3) is 0 Å². The van der Waals surface area contributed by atoms with E-state index in [2.05, 4.69) is 16.8 Å². The largest absolute Gasteiger partial charge is 0.343 e. The van der Waals surface area contributed by atoms with Gasteiger partial charge in [-0.1, -0.05) is 13.3 Å². The summed E-state index contributed by atoms with van der Waals surface area (Å²) in [5, 5.41) is 6.88. The van der Waals surface area contributed by atoms with Crippen LogP contribution in [0, 0.1) is 0 Å². The maximum Gasteiger partial charge on any atom is 0.245 e. The Morgan fingerprint density at radius 1 is 1.42 bits per heavy atom. The zero-order valence-electron chi connectivity index (χ0n) is 11.4. The predicted octanol–water partition coefficient (Wildman–Crippen LogP) is 1.81. The van der Waals surface area contributed by atoms with Crippen molar-refractivity contribution in [3.8, 4) is 0 Å². The van der Waals surface area contributed by atoms with E-state index in [0.717, 1.165) is 19.3 Å². The van der Waals surface area contributed by atoms with E-state index in [1.54, 1.807) is 23.2 Å². The second-order valence-corrected chi connectivity index (χ2v) is 5.73. The molecule has 1 N–H and O–H groups in total. The zero-order valence-corrected chi connectivity index (χ0v) is 12.2. The first-order valence-corrected chi connectivity index (χ1v) is 7.69. The van der Waals surface area contributed by atoms with Gasteiger partial charge in [0, 0.05) is 6.54 Å². The van der Waals surface area contributed by atoms with Crippen molar-refractivity contribution in [2.24, 2.45) is 0 Å². The Bertz CT molecular complexity index is 444. The molecule has 1 saturated heterocycles. The summed E-state index contributed by atoms with van der Waals surface area (Å²) < 4.78 is 0. The lowest BCUT2D eigenvalue weighted by atomic mass is 10.0. The summed E-state index contributed by atoms with van der Waals surface area (Å²) in [7, 11) is 0. The minimum atomic E-state index is -0.400. The SMILES string of the molecule is CCCC1C(=O)NC(C)C(=O)N1CCc1ccsc1. The lowest BCUT2D eigenvalue weighted by molar-refractivity contribution is -0.149. The fraction of sp³-hybridized carbons (Fsp3) is 0.571. The molecule has 4 nitrogen and oxygen atoms in total. The van der Waals surface area contributed by atoms with Crippen molar-refractivity contribution >= 4 is 23.2 Å². The Balaban J connectivity index is 2.07. The average Bonchev–Trinajstić information content (AvgIpc) is 2.88. The van der Waals surface area contributed by atoms with Crippen LogP contribution in [-0.4, -0.2) is 35.3 Å². The number of nitrogens with one attached hydrogen (secondary N) is 1. The van der Waals surface area contributed by atoms with Crippen molar-refractivity contribution in [3.63, 3.8) is 0 Å². The fourth-order valence-electron chi connectivity index (χ4n) is 2.43. The zero-order chi connectivity index (χ0) is 13.8. The van der Waals surface area contributed by atoms with E-state index in [4.69, 9.17) is 0 Å². The molecule has 0 saturated carbocycles. The van der Waals surface area contributed by atoms with Crippen LogP contribution in [0.1, 0.15) is 32.3 Å². The van der Waals surface area contributed by atoms with Crippen molar-refractivity contribution < 1.29 is 9.59 Å². The van der Waals surface area contributed by atoms with E-state index in [0.29, 0.717) is 6.54 Å². The summed E-state index contributed by atoms with van der Waals surface area (Å²) >= 11 is 1.66. The third kappa shape index (κ3) is 3.15. The summed E-state index contributed by atoms with van der Waals surface area (Å²) in [5.74, 6) is 0.0209. The van der Waals surface area contributed by atoms with E-state index in [1.807, 2.05) is 12.3 Å². The van der Waals surface area contributed by atoms with Crippen LogP contribution in [0.5, 0.6) is 0 Å². The monoisotopic (exact) mass is 280 g/mol. The lowest BCUT2D eigenvalue weighted by Gasteiger charge is -2.38. The number of hydrogen-bond donors (Lipinski definition) is 1. The van der Waals surface area contributed by atoms with Gasteiger partial charge in [-0.3, -0.25) is 9.59 Å². The number of nitrogens with zero attached hydrogens (tertiary/aromatic N) is 1. The van der Waals surface area contributed by atoms with Crippen LogP contribution in [0.4, 0.5) is 0 Å². The van der Waals surface area contributed by atoms with Gasteiger partial charge < -0.3 is 10.2 Å². The molecule has 1 aliphatic heterocycles. The van der Waals surface area contributed by atoms with Gasteiger partial charge in [0.2, 0.25) is 11.8 Å². The molecule has 2 amide bonds. The number of amides is 2. The van der Waals surface area contributed by atoms with Gasteiger partial charge in [-0.15, -0.1) is 0 Å². The average molecular weight is 280 g/mol. The van der Waals surface area contributed by atoms with E-state index in [1.165, 1.54) is 5.56 Å². The van der Waals surface area contributed by atoms with Crippen LogP contribution < -0.4 is 5.32 Å². The third-order valence-electron chi connectivity index (χ3n) is 3.47. The Labute approximate surface area is 117 Å². The molecule has 1 aromatic rings. The van der Waals surface area contributed by atoms with Gasteiger partial charge >= 0.3 is 0 Å². The van der Waals surface area contributed by atoms with E-state index < -0.39 is 6.04 Å². The van der Waals surface area contributed by atoms with Crippen molar-refractivity contribution in [3.05, 3.63) is 22.4 Å². The van der Waals surface area contributed by atoms with Crippen LogP contribution in [-0.2, 0) is 16.0 Å². The first-order chi connectivity index (χ1) is 9.13. The molecule has 0 bridgehead atoms. The number of hydrogen-bond acceptors (Lipinski definition) is 3. The lowest BCUT2D eigenvalue weighted by Crippen LogP contribution is -2.62. The van der Waals surface area contributed by atoms with Gasteiger partial charge in [0.1, 0.15) is 12.1 Å². The fourth-order valence-corrected chi connectivity index (χ4v) is 3.13. The molecular formula is C14H20N2O2S. The summed E-state index contributed by atoms with van der Waals surface area (Å²) in [5.41, 5.74) is 1.23. The molecule has 5 heteroatoms. The molecule has 0 radical (unpaired) electrons. The van der Waals surface area contributed by atoms with Crippen LogP contribution in [0.15, 0.2) is 16.8 Å². The smallest absolute Gasteiger partial charge is 0.245 e. The second-order valence-electron chi connectivity index (χ2n) is 4.95. The van der Waals surface area contributed by atoms with Gasteiger partial charge in [0.15, 0.2) is 0 Å². The summed E-state index contributed by atoms with van der Waals surface area (Å²) in [6, 6.07) is 1.37. The maximum atomic E-state index is 12.2. The highest BCUT2D eigenvalue weighted by atomic mass is 32.1. The summed E-state index contributed by atoms with van der Waals surface area (Å²) in [6.45, 7) is 4.41. The molecule has 104 valence electrons. The van der Waals surface area contributed by atoms with Gasteiger partial charge in [-0.25, -0.2) is 0 Å². The van der Waals surface area contributed by atoms with Crippen molar-refractivity contribution in [2.45, 2.75) is 45.2 Å².